The number of hydrogen-bond donors (Lipinski definition) is 2. The first-order valence-electron chi connectivity index (χ1n) is 2.17. The predicted octanol–water partition coefficient (Wildman–Crippen LogP) is 0.764. The van der Waals surface area contributed by atoms with Gasteiger partial charge in [0.15, 0.2) is 6.39 Å². The van der Waals surface area contributed by atoms with Gasteiger partial charge in [-0.05, 0) is 0 Å². The number of anilines is 1. The van der Waals surface area contributed by atoms with Crippen molar-refractivity contribution in [2.24, 2.45) is 0 Å². The van der Waals surface area contributed by atoms with Crippen molar-refractivity contribution in [1.29, 1.82) is 0 Å². The summed E-state index contributed by atoms with van der Waals surface area (Å²) < 4.78 is 4.54. The Morgan fingerprint density at radius 2 is 2.67 bits per heavy atom. The molecule has 0 aliphatic carbocycles. The van der Waals surface area contributed by atoms with Gasteiger partial charge in [0.2, 0.25) is 5.88 Å². The molecule has 2 N–H and O–H groups in total. The molecule has 9 heavy (non-hydrogen) atoms. The molecular weight excluding hydrogens is 124 g/mol. The van der Waals surface area contributed by atoms with Gasteiger partial charge in [0, 0.05) is 0 Å². The Hall–Kier alpha value is -1.52. The van der Waals surface area contributed by atoms with Crippen LogP contribution < -0.4 is 5.32 Å². The highest BCUT2D eigenvalue weighted by molar-refractivity contribution is 5.80. The average molecular weight is 128 g/mol. The lowest BCUT2D eigenvalue weighted by molar-refractivity contribution is 0.209. The van der Waals surface area contributed by atoms with E-state index in [1.807, 2.05) is 5.32 Å². The van der Waals surface area contributed by atoms with E-state index in [0.717, 1.165) is 6.39 Å². The molecule has 0 saturated carbocycles. The van der Waals surface area contributed by atoms with Crippen molar-refractivity contribution in [3.63, 3.8) is 0 Å². The Morgan fingerprint density at radius 1 is 1.89 bits per heavy atom. The first-order valence-corrected chi connectivity index (χ1v) is 2.17. The molecule has 0 unspecified atom stereocenters. The molecule has 5 nitrogen and oxygen atoms in total. The summed E-state index contributed by atoms with van der Waals surface area (Å²) in [6.45, 7) is 0. The van der Waals surface area contributed by atoms with Gasteiger partial charge in [0.1, 0.15) is 0 Å². The van der Waals surface area contributed by atoms with E-state index in [4.69, 9.17) is 5.11 Å². The van der Waals surface area contributed by atoms with Crippen molar-refractivity contribution in [3.05, 3.63) is 12.6 Å². The Bertz CT molecular complexity index is 194. The minimum atomic E-state index is -1.16. The molecule has 0 atom stereocenters. The SMILES string of the molecule is O=C(O)Nc1cnco1. The zero-order valence-electron chi connectivity index (χ0n) is 4.37. The minimum Gasteiger partial charge on any atom is -0.465 e. The summed E-state index contributed by atoms with van der Waals surface area (Å²) in [5.41, 5.74) is 0. The summed E-state index contributed by atoms with van der Waals surface area (Å²) in [5, 5.41) is 10.1. The summed E-state index contributed by atoms with van der Waals surface area (Å²) >= 11 is 0. The van der Waals surface area contributed by atoms with E-state index in [0.29, 0.717) is 0 Å². The number of nitrogens with one attached hydrogen (secondary N) is 1. The van der Waals surface area contributed by atoms with Gasteiger partial charge in [0.25, 0.3) is 0 Å². The Labute approximate surface area is 50.3 Å². The van der Waals surface area contributed by atoms with Gasteiger partial charge in [-0.1, -0.05) is 0 Å². The topological polar surface area (TPSA) is 75.4 Å². The molecule has 0 radical (unpaired) electrons. The number of aromatic nitrogens is 1. The fourth-order valence-corrected chi connectivity index (χ4v) is 0.383. The number of amides is 1. The monoisotopic (exact) mass is 128 g/mol. The third kappa shape index (κ3) is 1.45. The zero-order valence-corrected chi connectivity index (χ0v) is 4.37. The van der Waals surface area contributed by atoms with Crippen LogP contribution in [0.25, 0.3) is 0 Å². The minimum absolute atomic E-state index is 0.127. The lowest BCUT2D eigenvalue weighted by Crippen LogP contribution is -2.05. The van der Waals surface area contributed by atoms with Crippen LogP contribution >= 0.6 is 0 Å². The van der Waals surface area contributed by atoms with Crippen LogP contribution in [0.1, 0.15) is 0 Å². The molecule has 1 heterocycles. The second kappa shape index (κ2) is 2.17. The molecule has 0 bridgehead atoms. The predicted molar refractivity (Wildman–Crippen MR) is 28.2 cm³/mol. The molecule has 5 heteroatoms. The third-order valence-electron chi connectivity index (χ3n) is 0.662. The van der Waals surface area contributed by atoms with Crippen LogP contribution in [0.2, 0.25) is 0 Å². The lowest BCUT2D eigenvalue weighted by Gasteiger charge is -1.88. The van der Waals surface area contributed by atoms with E-state index in [9.17, 15) is 4.79 Å². The molecule has 0 spiro atoms. The first kappa shape index (κ1) is 5.61. The summed E-state index contributed by atoms with van der Waals surface area (Å²) in [5.74, 6) is 0.127. The standard InChI is InChI=1S/C4H4N2O3/c7-4(8)6-3-1-5-2-9-3/h1-2,6H,(H,7,8). The molecule has 1 aromatic heterocycles. The van der Waals surface area contributed by atoms with Crippen LogP contribution in [0.15, 0.2) is 17.0 Å². The van der Waals surface area contributed by atoms with E-state index in [-0.39, 0.29) is 5.88 Å². The maximum absolute atomic E-state index is 9.87. The summed E-state index contributed by atoms with van der Waals surface area (Å²) in [4.78, 5) is 13.4. The molecule has 0 aliphatic rings. The lowest BCUT2D eigenvalue weighted by atomic mass is 10.8. The first-order chi connectivity index (χ1) is 4.29. The van der Waals surface area contributed by atoms with Crippen molar-refractivity contribution in [2.75, 3.05) is 5.32 Å². The van der Waals surface area contributed by atoms with Gasteiger partial charge in [-0.2, -0.15) is 0 Å². The van der Waals surface area contributed by atoms with Crippen molar-refractivity contribution >= 4 is 12.0 Å². The van der Waals surface area contributed by atoms with E-state index < -0.39 is 6.09 Å². The molecule has 0 aliphatic heterocycles. The largest absolute Gasteiger partial charge is 0.465 e. The van der Waals surface area contributed by atoms with Gasteiger partial charge < -0.3 is 9.52 Å². The maximum Gasteiger partial charge on any atom is 0.411 e. The Morgan fingerprint density at radius 3 is 3.11 bits per heavy atom. The van der Waals surface area contributed by atoms with Gasteiger partial charge in [-0.3, -0.25) is 5.32 Å². The number of oxazole rings is 1. The molecule has 0 saturated heterocycles. The molecule has 1 amide bonds. The van der Waals surface area contributed by atoms with Gasteiger partial charge in [-0.15, -0.1) is 0 Å². The van der Waals surface area contributed by atoms with Crippen LogP contribution in [0.5, 0.6) is 0 Å². The summed E-state index contributed by atoms with van der Waals surface area (Å²) in [6.07, 6.45) is 1.26. The van der Waals surface area contributed by atoms with Crippen LogP contribution in [-0.2, 0) is 0 Å². The van der Waals surface area contributed by atoms with Crippen LogP contribution in [0, 0.1) is 0 Å². The van der Waals surface area contributed by atoms with E-state index in [2.05, 4.69) is 9.40 Å². The van der Waals surface area contributed by atoms with Crippen molar-refractivity contribution in [1.82, 2.24) is 4.98 Å². The molecule has 48 valence electrons. The second-order valence-electron chi connectivity index (χ2n) is 1.30. The molecule has 0 fully saturated rings. The highest BCUT2D eigenvalue weighted by Crippen LogP contribution is 2.01. The van der Waals surface area contributed by atoms with E-state index in [1.165, 1.54) is 6.20 Å². The number of carbonyl (C=O) groups is 1. The number of carboxylic acid groups (broad SMARTS) is 1. The third-order valence-corrected chi connectivity index (χ3v) is 0.662. The maximum atomic E-state index is 9.87. The Kier molecular flexibility index (Phi) is 1.35. The molecule has 1 rings (SSSR count). The van der Waals surface area contributed by atoms with E-state index >= 15 is 0 Å². The quantitative estimate of drug-likeness (QED) is 0.585. The fourth-order valence-electron chi connectivity index (χ4n) is 0.383. The highest BCUT2D eigenvalue weighted by Gasteiger charge is 1.97. The summed E-state index contributed by atoms with van der Waals surface area (Å²) in [6, 6.07) is 0. The normalized spacial score (nSPS) is 8.89. The fraction of sp³-hybridized carbons (Fsp3) is 0. The van der Waals surface area contributed by atoms with Crippen molar-refractivity contribution < 1.29 is 14.3 Å². The molecular formula is C4H4N2O3. The summed E-state index contributed by atoms with van der Waals surface area (Å²) in [7, 11) is 0. The second-order valence-corrected chi connectivity index (χ2v) is 1.30. The molecule has 0 aromatic carbocycles. The van der Waals surface area contributed by atoms with Gasteiger partial charge in [0.05, 0.1) is 6.20 Å². The Balaban J connectivity index is 2.58. The van der Waals surface area contributed by atoms with Crippen LogP contribution in [0.3, 0.4) is 0 Å². The smallest absolute Gasteiger partial charge is 0.411 e. The zero-order chi connectivity index (χ0) is 6.69. The van der Waals surface area contributed by atoms with Crippen LogP contribution in [-0.4, -0.2) is 16.2 Å². The average Bonchev–Trinajstić information content (AvgIpc) is 2.15. The number of hydrogen-bond acceptors (Lipinski definition) is 3. The van der Waals surface area contributed by atoms with Gasteiger partial charge in [-0.25, -0.2) is 9.78 Å². The molecule has 1 aromatic rings. The van der Waals surface area contributed by atoms with Gasteiger partial charge >= 0.3 is 6.09 Å². The number of nitrogens with zero attached hydrogens (tertiary/aromatic N) is 1. The van der Waals surface area contributed by atoms with Crippen molar-refractivity contribution in [2.45, 2.75) is 0 Å². The van der Waals surface area contributed by atoms with E-state index in [1.54, 1.807) is 0 Å². The number of rotatable bonds is 1. The van der Waals surface area contributed by atoms with Crippen molar-refractivity contribution in [3.8, 4) is 0 Å². The van der Waals surface area contributed by atoms with Crippen LogP contribution in [0.4, 0.5) is 10.7 Å². The highest BCUT2D eigenvalue weighted by atomic mass is 16.4.